The van der Waals surface area contributed by atoms with Gasteiger partial charge >= 0.3 is 0 Å². The Kier molecular flexibility index (Phi) is 4.05. The fraction of sp³-hybridized carbons (Fsp3) is 0.444. The summed E-state index contributed by atoms with van der Waals surface area (Å²) in [5, 5.41) is 0. The number of rotatable bonds is 2. The zero-order chi connectivity index (χ0) is 18.2. The summed E-state index contributed by atoms with van der Waals surface area (Å²) in [4.78, 5) is 28.3. The first kappa shape index (κ1) is 16.8. The third-order valence-corrected chi connectivity index (χ3v) is 5.37. The van der Waals surface area contributed by atoms with Crippen molar-refractivity contribution >= 4 is 11.9 Å². The zero-order valence-electron chi connectivity index (χ0n) is 14.2. The van der Waals surface area contributed by atoms with E-state index in [2.05, 4.69) is 15.0 Å². The van der Waals surface area contributed by atoms with Gasteiger partial charge in [-0.2, -0.15) is 0 Å². The summed E-state index contributed by atoms with van der Waals surface area (Å²) in [6.07, 6.45) is 6.25. The number of hydrogen-bond acceptors (Lipinski definition) is 5. The maximum atomic E-state index is 14.9. The molecule has 0 N–H and O–H groups in total. The van der Waals surface area contributed by atoms with Gasteiger partial charge in [0.2, 0.25) is 5.95 Å². The van der Waals surface area contributed by atoms with Crippen LogP contribution in [0.15, 0.2) is 43.0 Å². The lowest BCUT2D eigenvalue weighted by molar-refractivity contribution is -0.150. The number of alkyl halides is 2. The second-order valence-corrected chi connectivity index (χ2v) is 6.92. The summed E-state index contributed by atoms with van der Waals surface area (Å²) >= 11 is 0. The van der Waals surface area contributed by atoms with E-state index in [0.717, 1.165) is 0 Å². The highest BCUT2D eigenvalue weighted by Crippen LogP contribution is 2.50. The van der Waals surface area contributed by atoms with Crippen molar-refractivity contribution in [2.24, 2.45) is 5.41 Å². The third-order valence-electron chi connectivity index (χ3n) is 5.37. The van der Waals surface area contributed by atoms with Gasteiger partial charge in [0.15, 0.2) is 0 Å². The molecule has 8 heteroatoms. The highest BCUT2D eigenvalue weighted by atomic mass is 19.3. The highest BCUT2D eigenvalue weighted by molar-refractivity contribution is 5.94. The molecule has 1 spiro atoms. The SMILES string of the molecule is O=C(c1ccncc1)N1CCC(F)(F)[C@]2(CCN(c3ncccn3)C2)C1. The molecule has 1 amide bonds. The third kappa shape index (κ3) is 2.79. The molecule has 2 aromatic heterocycles. The quantitative estimate of drug-likeness (QED) is 0.823. The van der Waals surface area contributed by atoms with Crippen molar-refractivity contribution in [3.05, 3.63) is 48.5 Å². The number of anilines is 1. The molecule has 4 heterocycles. The second-order valence-electron chi connectivity index (χ2n) is 6.92. The van der Waals surface area contributed by atoms with E-state index in [1.54, 1.807) is 40.4 Å². The van der Waals surface area contributed by atoms with Gasteiger partial charge in [-0.3, -0.25) is 9.78 Å². The van der Waals surface area contributed by atoms with Gasteiger partial charge < -0.3 is 9.80 Å². The fourth-order valence-corrected chi connectivity index (χ4v) is 3.88. The molecule has 2 aromatic rings. The summed E-state index contributed by atoms with van der Waals surface area (Å²) in [6.45, 7) is 0.684. The predicted octanol–water partition coefficient (Wildman–Crippen LogP) is 2.25. The minimum Gasteiger partial charge on any atom is -0.340 e. The normalized spacial score (nSPS) is 24.8. The van der Waals surface area contributed by atoms with Crippen LogP contribution in [0.4, 0.5) is 14.7 Å². The van der Waals surface area contributed by atoms with Crippen LogP contribution in [0.5, 0.6) is 0 Å². The molecule has 4 rings (SSSR count). The van der Waals surface area contributed by atoms with Crippen molar-refractivity contribution in [3.63, 3.8) is 0 Å². The van der Waals surface area contributed by atoms with Gasteiger partial charge in [0.25, 0.3) is 11.8 Å². The van der Waals surface area contributed by atoms with Crippen LogP contribution in [0.1, 0.15) is 23.2 Å². The largest absolute Gasteiger partial charge is 0.340 e. The molecular formula is C18H19F2N5O. The Hall–Kier alpha value is -2.64. The highest BCUT2D eigenvalue weighted by Gasteiger charge is 2.60. The number of pyridine rings is 1. The summed E-state index contributed by atoms with van der Waals surface area (Å²) in [5.41, 5.74) is -0.797. The fourth-order valence-electron chi connectivity index (χ4n) is 3.88. The number of carbonyl (C=O) groups is 1. The second kappa shape index (κ2) is 6.26. The number of nitrogens with zero attached hydrogens (tertiary/aromatic N) is 5. The van der Waals surface area contributed by atoms with Crippen LogP contribution in [0, 0.1) is 5.41 Å². The van der Waals surface area contributed by atoms with Crippen molar-refractivity contribution in [2.45, 2.75) is 18.8 Å². The van der Waals surface area contributed by atoms with Gasteiger partial charge in [0.05, 0.1) is 5.41 Å². The van der Waals surface area contributed by atoms with Crippen LogP contribution in [0.25, 0.3) is 0 Å². The number of piperidine rings is 1. The Morgan fingerprint density at radius 1 is 1.00 bits per heavy atom. The van der Waals surface area contributed by atoms with Gasteiger partial charge in [-0.25, -0.2) is 18.7 Å². The first-order valence-corrected chi connectivity index (χ1v) is 8.60. The Bertz CT molecular complexity index is 789. The minimum atomic E-state index is -2.83. The molecule has 6 nitrogen and oxygen atoms in total. The molecular weight excluding hydrogens is 340 g/mol. The number of halogens is 2. The van der Waals surface area contributed by atoms with Gasteiger partial charge in [-0.05, 0) is 24.6 Å². The molecule has 2 saturated heterocycles. The predicted molar refractivity (Wildman–Crippen MR) is 91.0 cm³/mol. The lowest BCUT2D eigenvalue weighted by atomic mass is 9.75. The van der Waals surface area contributed by atoms with Crippen molar-refractivity contribution in [1.82, 2.24) is 19.9 Å². The first-order chi connectivity index (χ1) is 12.5. The maximum absolute atomic E-state index is 14.9. The van der Waals surface area contributed by atoms with Crippen LogP contribution in [0.2, 0.25) is 0 Å². The van der Waals surface area contributed by atoms with Crippen LogP contribution in [0.3, 0.4) is 0 Å². The van der Waals surface area contributed by atoms with E-state index < -0.39 is 11.3 Å². The van der Waals surface area contributed by atoms with Crippen molar-refractivity contribution in [1.29, 1.82) is 0 Å². The molecule has 2 aliphatic heterocycles. The van der Waals surface area contributed by atoms with E-state index in [1.807, 2.05) is 0 Å². The summed E-state index contributed by atoms with van der Waals surface area (Å²) in [7, 11) is 0. The smallest absolute Gasteiger partial charge is 0.258 e. The monoisotopic (exact) mass is 359 g/mol. The number of hydrogen-bond donors (Lipinski definition) is 0. The minimum absolute atomic E-state index is 0.0322. The Balaban J connectivity index is 1.57. The van der Waals surface area contributed by atoms with Crippen molar-refractivity contribution in [2.75, 3.05) is 31.1 Å². The maximum Gasteiger partial charge on any atom is 0.258 e. The molecule has 26 heavy (non-hydrogen) atoms. The van der Waals surface area contributed by atoms with Crippen molar-refractivity contribution in [3.8, 4) is 0 Å². The standard InChI is InChI=1S/C18H19F2N5O/c19-18(20)5-11-24(15(26)14-2-8-21-9-3-14)12-17(18)4-10-25(13-17)16-22-6-1-7-23-16/h1-3,6-9H,4-5,10-13H2/t17-/m1/s1. The van der Waals surface area contributed by atoms with E-state index in [4.69, 9.17) is 0 Å². The Morgan fingerprint density at radius 2 is 1.73 bits per heavy atom. The number of carbonyl (C=O) groups excluding carboxylic acids is 1. The van der Waals surface area contributed by atoms with E-state index in [0.29, 0.717) is 24.5 Å². The zero-order valence-corrected chi connectivity index (χ0v) is 14.2. The van der Waals surface area contributed by atoms with Crippen LogP contribution in [-0.4, -0.2) is 57.9 Å². The average Bonchev–Trinajstić information content (AvgIpc) is 3.11. The van der Waals surface area contributed by atoms with Crippen LogP contribution < -0.4 is 4.90 Å². The molecule has 2 fully saturated rings. The molecule has 0 radical (unpaired) electrons. The molecule has 136 valence electrons. The first-order valence-electron chi connectivity index (χ1n) is 8.60. The van der Waals surface area contributed by atoms with Crippen molar-refractivity contribution < 1.29 is 13.6 Å². The number of likely N-dealkylation sites (tertiary alicyclic amines) is 1. The number of amides is 1. The van der Waals surface area contributed by atoms with Gasteiger partial charge in [-0.1, -0.05) is 0 Å². The molecule has 0 aliphatic carbocycles. The van der Waals surface area contributed by atoms with E-state index in [1.165, 1.54) is 12.4 Å². The molecule has 1 atom stereocenters. The summed E-state index contributed by atoms with van der Waals surface area (Å²) < 4.78 is 29.8. The van der Waals surface area contributed by atoms with E-state index in [-0.39, 0.29) is 32.0 Å². The Morgan fingerprint density at radius 3 is 2.46 bits per heavy atom. The average molecular weight is 359 g/mol. The summed E-state index contributed by atoms with van der Waals surface area (Å²) in [6, 6.07) is 4.92. The van der Waals surface area contributed by atoms with Gasteiger partial charge in [0, 0.05) is 63.0 Å². The van der Waals surface area contributed by atoms with E-state index >= 15 is 0 Å². The topological polar surface area (TPSA) is 62.2 Å². The lowest BCUT2D eigenvalue weighted by Crippen LogP contribution is -2.58. The molecule has 0 unspecified atom stereocenters. The van der Waals surface area contributed by atoms with Gasteiger partial charge in [0.1, 0.15) is 0 Å². The molecule has 2 aliphatic rings. The molecule has 0 saturated carbocycles. The molecule has 0 aromatic carbocycles. The Labute approximate surface area is 149 Å². The van der Waals surface area contributed by atoms with Crippen LogP contribution in [-0.2, 0) is 0 Å². The summed E-state index contributed by atoms with van der Waals surface area (Å²) in [5.74, 6) is -2.60. The number of aromatic nitrogens is 3. The van der Waals surface area contributed by atoms with E-state index in [9.17, 15) is 13.6 Å². The van der Waals surface area contributed by atoms with Crippen LogP contribution >= 0.6 is 0 Å². The lowest BCUT2D eigenvalue weighted by Gasteiger charge is -2.45. The van der Waals surface area contributed by atoms with Gasteiger partial charge in [-0.15, -0.1) is 0 Å². The molecule has 0 bridgehead atoms.